The van der Waals surface area contributed by atoms with E-state index in [1.165, 1.54) is 0 Å². The Labute approximate surface area is 161 Å². The molecule has 0 amide bonds. The summed E-state index contributed by atoms with van der Waals surface area (Å²) >= 11 is 0. The molecule has 0 saturated carbocycles. The molecule has 4 N–H and O–H groups in total. The van der Waals surface area contributed by atoms with Crippen LogP contribution in [-0.2, 0) is 14.3 Å². The molecule has 0 radical (unpaired) electrons. The van der Waals surface area contributed by atoms with Gasteiger partial charge in [0.05, 0.1) is 12.7 Å². The highest BCUT2D eigenvalue weighted by atomic mass is 16.5. The number of carboxylic acids is 2. The van der Waals surface area contributed by atoms with E-state index in [4.69, 9.17) is 14.3 Å². The normalized spacial score (nSPS) is 17.8. The van der Waals surface area contributed by atoms with E-state index in [0.717, 1.165) is 37.5 Å². The Kier molecular flexibility index (Phi) is 4.85. The molecule has 29 heavy (non-hydrogen) atoms. The summed E-state index contributed by atoms with van der Waals surface area (Å²) in [5, 5.41) is 38.2. The minimum atomic E-state index is -1.49. The van der Waals surface area contributed by atoms with Crippen LogP contribution in [-0.4, -0.2) is 45.4 Å². The van der Waals surface area contributed by atoms with Crippen LogP contribution in [0.5, 0.6) is 11.5 Å². The van der Waals surface area contributed by atoms with Gasteiger partial charge < -0.3 is 29.6 Å². The van der Waals surface area contributed by atoms with E-state index >= 15 is 0 Å². The average Bonchev–Trinajstić information content (AvgIpc) is 2.67. The van der Waals surface area contributed by atoms with Gasteiger partial charge in [-0.3, -0.25) is 4.79 Å². The SMILES string of the molecule is COC(=O)[C@H]1C(C(=O)O)=Cc2cc(O)c(O)cc2[C@@H]1c1ccc(C(=O)O)oc1=O. The minimum absolute atomic E-state index is 0.143. The third-order valence-corrected chi connectivity index (χ3v) is 4.60. The zero-order valence-electron chi connectivity index (χ0n) is 14.8. The van der Waals surface area contributed by atoms with Gasteiger partial charge in [-0.05, 0) is 41.5 Å². The first kappa shape index (κ1) is 19.7. The highest BCUT2D eigenvalue weighted by Crippen LogP contribution is 2.45. The number of ether oxygens (including phenoxy) is 1. The molecular weight excluding hydrogens is 388 g/mol. The Morgan fingerprint density at radius 1 is 1.00 bits per heavy atom. The molecule has 2 atom stereocenters. The molecule has 2 aromatic rings. The van der Waals surface area contributed by atoms with Gasteiger partial charge in [0.25, 0.3) is 0 Å². The summed E-state index contributed by atoms with van der Waals surface area (Å²) < 4.78 is 9.47. The minimum Gasteiger partial charge on any atom is -0.504 e. The zero-order chi connectivity index (χ0) is 21.5. The number of phenols is 2. The third kappa shape index (κ3) is 3.31. The van der Waals surface area contributed by atoms with Gasteiger partial charge in [-0.25, -0.2) is 14.4 Å². The predicted molar refractivity (Wildman–Crippen MR) is 94.7 cm³/mol. The molecule has 0 unspecified atom stereocenters. The molecule has 3 rings (SSSR count). The van der Waals surface area contributed by atoms with E-state index < -0.39 is 58.2 Å². The second-order valence-corrected chi connectivity index (χ2v) is 6.20. The molecular formula is C19H14O10. The van der Waals surface area contributed by atoms with Crippen LogP contribution in [0.15, 0.2) is 39.1 Å². The first-order valence-electron chi connectivity index (χ1n) is 8.11. The van der Waals surface area contributed by atoms with Crippen LogP contribution in [0.4, 0.5) is 0 Å². The summed E-state index contributed by atoms with van der Waals surface area (Å²) in [7, 11) is 1.04. The van der Waals surface area contributed by atoms with Gasteiger partial charge in [0, 0.05) is 11.5 Å². The monoisotopic (exact) mass is 402 g/mol. The van der Waals surface area contributed by atoms with Crippen molar-refractivity contribution in [2.24, 2.45) is 5.92 Å². The number of esters is 1. The molecule has 1 aromatic carbocycles. The van der Waals surface area contributed by atoms with Gasteiger partial charge in [0.1, 0.15) is 5.92 Å². The summed E-state index contributed by atoms with van der Waals surface area (Å²) in [5.41, 5.74) is -1.45. The van der Waals surface area contributed by atoms with Gasteiger partial charge in [0.15, 0.2) is 11.5 Å². The largest absolute Gasteiger partial charge is 0.504 e. The standard InChI is InChI=1S/C19H14O10/c1-28-19(27)15-10(16(22)23)4-7-5-11(20)12(21)6-9(7)14(15)8-2-3-13(17(24)25)29-18(8)26/h2-6,14-15,20-21H,1H3,(H,22,23)(H,24,25)/t14-,15-/m0/s1. The van der Waals surface area contributed by atoms with Gasteiger partial charge in [-0.15, -0.1) is 0 Å². The van der Waals surface area contributed by atoms with Crippen molar-refractivity contribution in [2.45, 2.75) is 5.92 Å². The summed E-state index contributed by atoms with van der Waals surface area (Å²) in [6.07, 6.45) is 1.13. The Balaban J connectivity index is 2.35. The molecule has 0 aliphatic heterocycles. The Hall–Kier alpha value is -4.08. The van der Waals surface area contributed by atoms with Crippen LogP contribution in [0.25, 0.3) is 6.08 Å². The highest BCUT2D eigenvalue weighted by Gasteiger charge is 2.43. The molecule has 1 aliphatic rings. The van der Waals surface area contributed by atoms with Crippen LogP contribution in [0.2, 0.25) is 0 Å². The van der Waals surface area contributed by atoms with E-state index in [1.807, 2.05) is 0 Å². The number of benzene rings is 1. The van der Waals surface area contributed by atoms with Crippen LogP contribution in [0.3, 0.4) is 0 Å². The molecule has 1 aromatic heterocycles. The number of rotatable bonds is 4. The van der Waals surface area contributed by atoms with Crippen LogP contribution in [0.1, 0.15) is 33.2 Å². The first-order valence-corrected chi connectivity index (χ1v) is 8.11. The van der Waals surface area contributed by atoms with Crippen LogP contribution < -0.4 is 5.63 Å². The number of carboxylic acid groups (broad SMARTS) is 2. The van der Waals surface area contributed by atoms with Crippen molar-refractivity contribution >= 4 is 24.0 Å². The Morgan fingerprint density at radius 3 is 2.21 bits per heavy atom. The third-order valence-electron chi connectivity index (χ3n) is 4.60. The second-order valence-electron chi connectivity index (χ2n) is 6.20. The predicted octanol–water partition coefficient (Wildman–Crippen LogP) is 1.15. The van der Waals surface area contributed by atoms with Crippen molar-refractivity contribution in [3.05, 3.63) is 62.7 Å². The number of aromatic hydroxyl groups is 2. The fourth-order valence-electron chi connectivity index (χ4n) is 3.32. The molecule has 150 valence electrons. The number of carbonyl (C=O) groups excluding carboxylic acids is 1. The molecule has 1 aliphatic carbocycles. The summed E-state index contributed by atoms with van der Waals surface area (Å²) in [5.74, 6) is -8.43. The van der Waals surface area contributed by atoms with E-state index in [9.17, 15) is 34.5 Å². The Morgan fingerprint density at radius 2 is 1.66 bits per heavy atom. The lowest BCUT2D eigenvalue weighted by Crippen LogP contribution is -2.34. The van der Waals surface area contributed by atoms with Crippen LogP contribution in [0, 0.1) is 5.92 Å². The number of phenolic OH excluding ortho intramolecular Hbond substituents is 2. The number of fused-ring (bicyclic) bond motifs is 1. The second kappa shape index (κ2) is 7.15. The maximum atomic E-state index is 12.5. The molecule has 0 fully saturated rings. The quantitative estimate of drug-likeness (QED) is 0.429. The van der Waals surface area contributed by atoms with Gasteiger partial charge in [-0.1, -0.05) is 0 Å². The van der Waals surface area contributed by atoms with Gasteiger partial charge in [-0.2, -0.15) is 0 Å². The van der Waals surface area contributed by atoms with Crippen molar-refractivity contribution in [1.29, 1.82) is 0 Å². The summed E-state index contributed by atoms with van der Waals surface area (Å²) in [6, 6.07) is 4.27. The summed E-state index contributed by atoms with van der Waals surface area (Å²) in [6.45, 7) is 0. The average molecular weight is 402 g/mol. The number of carbonyl (C=O) groups is 3. The maximum absolute atomic E-state index is 12.5. The van der Waals surface area contributed by atoms with E-state index in [1.54, 1.807) is 0 Å². The van der Waals surface area contributed by atoms with Gasteiger partial charge in [0.2, 0.25) is 5.76 Å². The molecule has 0 saturated heterocycles. The maximum Gasteiger partial charge on any atom is 0.371 e. The lowest BCUT2D eigenvalue weighted by Gasteiger charge is -2.31. The van der Waals surface area contributed by atoms with Crippen molar-refractivity contribution in [1.82, 2.24) is 0 Å². The van der Waals surface area contributed by atoms with Crippen molar-refractivity contribution in [3.8, 4) is 11.5 Å². The highest BCUT2D eigenvalue weighted by molar-refractivity contribution is 6.01. The molecule has 10 nitrogen and oxygen atoms in total. The van der Waals surface area contributed by atoms with Gasteiger partial charge >= 0.3 is 23.5 Å². The van der Waals surface area contributed by atoms with E-state index in [2.05, 4.69) is 0 Å². The first-order chi connectivity index (χ1) is 13.6. The number of methoxy groups -OCH3 is 1. The number of hydrogen-bond donors (Lipinski definition) is 4. The summed E-state index contributed by atoms with van der Waals surface area (Å²) in [4.78, 5) is 47.7. The molecule has 0 spiro atoms. The number of aliphatic carboxylic acids is 1. The fraction of sp³-hybridized carbons (Fsp3) is 0.158. The number of aromatic carboxylic acids is 1. The smallest absolute Gasteiger partial charge is 0.371 e. The molecule has 10 heteroatoms. The number of hydrogen-bond acceptors (Lipinski definition) is 8. The van der Waals surface area contributed by atoms with Crippen molar-refractivity contribution in [2.75, 3.05) is 7.11 Å². The van der Waals surface area contributed by atoms with Crippen molar-refractivity contribution < 1.29 is 44.0 Å². The fourth-order valence-corrected chi connectivity index (χ4v) is 3.32. The topological polar surface area (TPSA) is 172 Å². The molecule has 1 heterocycles. The van der Waals surface area contributed by atoms with Crippen LogP contribution >= 0.6 is 0 Å². The van der Waals surface area contributed by atoms with E-state index in [-0.39, 0.29) is 16.7 Å². The molecule has 0 bridgehead atoms. The van der Waals surface area contributed by atoms with E-state index in [0.29, 0.717) is 0 Å². The van der Waals surface area contributed by atoms with Crippen molar-refractivity contribution in [3.63, 3.8) is 0 Å². The zero-order valence-corrected chi connectivity index (χ0v) is 14.8. The lowest BCUT2D eigenvalue weighted by molar-refractivity contribution is -0.147. The Bertz CT molecular complexity index is 1120. The lowest BCUT2D eigenvalue weighted by atomic mass is 9.71.